The molecule has 0 aliphatic carbocycles. The Kier molecular flexibility index (Phi) is 7.10. The third kappa shape index (κ3) is 4.44. The van der Waals surface area contributed by atoms with Gasteiger partial charge in [-0.25, -0.2) is 0 Å². The van der Waals surface area contributed by atoms with Crippen molar-refractivity contribution in [2.75, 3.05) is 18.6 Å². The first-order chi connectivity index (χ1) is 17.3. The van der Waals surface area contributed by atoms with E-state index in [4.69, 9.17) is 9.47 Å². The Morgan fingerprint density at radius 1 is 1.11 bits per heavy atom. The molecule has 4 rings (SSSR count). The second-order valence-corrected chi connectivity index (χ2v) is 8.92. The highest BCUT2D eigenvalue weighted by Gasteiger charge is 2.47. The fourth-order valence-corrected chi connectivity index (χ4v) is 4.53. The Hall–Kier alpha value is -4.13. The van der Waals surface area contributed by atoms with Crippen molar-refractivity contribution in [2.24, 2.45) is 0 Å². The lowest BCUT2D eigenvalue weighted by molar-refractivity contribution is -0.132. The highest BCUT2D eigenvalue weighted by atomic mass is 16.5. The van der Waals surface area contributed by atoms with Crippen LogP contribution in [0.1, 0.15) is 55.1 Å². The Balaban J connectivity index is 1.95. The molecule has 1 fully saturated rings. The molecule has 3 aromatic rings. The van der Waals surface area contributed by atoms with Gasteiger partial charge in [-0.15, -0.1) is 0 Å². The van der Waals surface area contributed by atoms with Crippen molar-refractivity contribution >= 4 is 23.1 Å². The van der Waals surface area contributed by atoms with Crippen molar-refractivity contribution in [2.45, 2.75) is 39.7 Å². The lowest BCUT2D eigenvalue weighted by atomic mass is 9.92. The lowest BCUT2D eigenvalue weighted by Crippen LogP contribution is -2.29. The quantitative estimate of drug-likeness (QED) is 0.268. The number of aliphatic hydroxyl groups is 1. The number of aryl methyl sites for hydroxylation is 1. The summed E-state index contributed by atoms with van der Waals surface area (Å²) in [6, 6.07) is 15.0. The lowest BCUT2D eigenvalue weighted by Gasteiger charge is -2.25. The predicted octanol–water partition coefficient (Wildman–Crippen LogP) is 5.55. The predicted molar refractivity (Wildman–Crippen MR) is 138 cm³/mol. The first-order valence-electron chi connectivity index (χ1n) is 11.9. The van der Waals surface area contributed by atoms with Crippen LogP contribution in [0.5, 0.6) is 11.5 Å². The molecular formula is C29H30N2O5. The number of anilines is 1. The molecule has 1 aromatic heterocycles. The number of benzene rings is 2. The minimum Gasteiger partial charge on any atom is -0.507 e. The number of hydrogen-bond donors (Lipinski definition) is 1. The van der Waals surface area contributed by atoms with Gasteiger partial charge in [0.05, 0.1) is 25.0 Å². The zero-order valence-electron chi connectivity index (χ0n) is 21.1. The van der Waals surface area contributed by atoms with Crippen molar-refractivity contribution in [3.63, 3.8) is 0 Å². The number of methoxy groups -OCH3 is 1. The molecule has 186 valence electrons. The van der Waals surface area contributed by atoms with Crippen LogP contribution in [0.3, 0.4) is 0 Å². The molecule has 1 aliphatic heterocycles. The maximum absolute atomic E-state index is 13.5. The third-order valence-corrected chi connectivity index (χ3v) is 6.27. The molecule has 1 N–H and O–H groups in total. The maximum Gasteiger partial charge on any atom is 0.300 e. The minimum absolute atomic E-state index is 0.0107. The van der Waals surface area contributed by atoms with Gasteiger partial charge in [0, 0.05) is 23.5 Å². The van der Waals surface area contributed by atoms with Gasteiger partial charge in [-0.1, -0.05) is 26.0 Å². The Labute approximate surface area is 211 Å². The summed E-state index contributed by atoms with van der Waals surface area (Å²) in [6.45, 7) is 8.21. The molecule has 1 unspecified atom stereocenters. The minimum atomic E-state index is -0.910. The molecule has 1 atom stereocenters. The topological polar surface area (TPSA) is 89.0 Å². The molecule has 0 spiro atoms. The van der Waals surface area contributed by atoms with Crippen molar-refractivity contribution in [1.82, 2.24) is 4.98 Å². The molecule has 36 heavy (non-hydrogen) atoms. The fourth-order valence-electron chi connectivity index (χ4n) is 4.53. The second kappa shape index (κ2) is 10.2. The SMILES string of the molecule is CCOc1cccc(N2C(=O)C(=O)/C(=C(/O)c3cc(C(C)C)c(OC)cc3C)C2c2ccccn2)c1. The van der Waals surface area contributed by atoms with Gasteiger partial charge >= 0.3 is 0 Å². The Morgan fingerprint density at radius 3 is 2.53 bits per heavy atom. The molecule has 1 aliphatic rings. The van der Waals surface area contributed by atoms with E-state index in [0.29, 0.717) is 35.1 Å². The van der Waals surface area contributed by atoms with Crippen LogP contribution in [0, 0.1) is 6.92 Å². The summed E-state index contributed by atoms with van der Waals surface area (Å²) in [5, 5.41) is 11.6. The van der Waals surface area contributed by atoms with E-state index in [0.717, 1.165) is 11.1 Å². The first kappa shape index (κ1) is 25.0. The third-order valence-electron chi connectivity index (χ3n) is 6.27. The highest BCUT2D eigenvalue weighted by molar-refractivity contribution is 6.51. The van der Waals surface area contributed by atoms with Gasteiger partial charge in [0.15, 0.2) is 0 Å². The molecule has 2 aromatic carbocycles. The molecule has 0 radical (unpaired) electrons. The number of hydrogen-bond acceptors (Lipinski definition) is 6. The first-order valence-corrected chi connectivity index (χ1v) is 11.9. The van der Waals surface area contributed by atoms with Crippen LogP contribution in [-0.4, -0.2) is 35.5 Å². The van der Waals surface area contributed by atoms with E-state index in [1.54, 1.807) is 55.8 Å². The number of ketones is 1. The molecule has 2 heterocycles. The van der Waals surface area contributed by atoms with Gasteiger partial charge in [0.2, 0.25) is 0 Å². The molecule has 0 saturated carbocycles. The molecular weight excluding hydrogens is 456 g/mol. The maximum atomic E-state index is 13.5. The Bertz CT molecular complexity index is 1330. The van der Waals surface area contributed by atoms with Crippen LogP contribution in [0.25, 0.3) is 5.76 Å². The summed E-state index contributed by atoms with van der Waals surface area (Å²) < 4.78 is 11.1. The highest BCUT2D eigenvalue weighted by Crippen LogP contribution is 2.43. The number of nitrogens with zero attached hydrogens (tertiary/aromatic N) is 2. The molecule has 1 amide bonds. The zero-order valence-corrected chi connectivity index (χ0v) is 21.1. The van der Waals surface area contributed by atoms with Crippen molar-refractivity contribution in [3.8, 4) is 11.5 Å². The van der Waals surface area contributed by atoms with Crippen molar-refractivity contribution in [3.05, 3.63) is 88.8 Å². The number of ether oxygens (including phenoxy) is 2. The number of Topliss-reactive ketones (excluding diaryl/α,β-unsaturated/α-hetero) is 1. The van der Waals surface area contributed by atoms with E-state index in [2.05, 4.69) is 4.98 Å². The van der Waals surface area contributed by atoms with E-state index in [1.807, 2.05) is 39.8 Å². The summed E-state index contributed by atoms with van der Waals surface area (Å²) in [5.41, 5.74) is 3.02. The molecule has 7 heteroatoms. The van der Waals surface area contributed by atoms with E-state index in [1.165, 1.54) is 4.90 Å². The van der Waals surface area contributed by atoms with Crippen molar-refractivity contribution < 1.29 is 24.2 Å². The van der Waals surface area contributed by atoms with Crippen LogP contribution in [0.2, 0.25) is 0 Å². The molecule has 7 nitrogen and oxygen atoms in total. The molecule has 1 saturated heterocycles. The van der Waals surface area contributed by atoms with Crippen LogP contribution in [-0.2, 0) is 9.59 Å². The van der Waals surface area contributed by atoms with E-state index < -0.39 is 17.7 Å². The number of amides is 1. The monoisotopic (exact) mass is 486 g/mol. The van der Waals surface area contributed by atoms with Crippen molar-refractivity contribution in [1.29, 1.82) is 0 Å². The van der Waals surface area contributed by atoms with Gasteiger partial charge in [-0.05, 0) is 67.3 Å². The van der Waals surface area contributed by atoms with E-state index >= 15 is 0 Å². The number of carbonyl (C=O) groups excluding carboxylic acids is 2. The van der Waals surface area contributed by atoms with Crippen LogP contribution >= 0.6 is 0 Å². The number of pyridine rings is 1. The number of aliphatic hydroxyl groups excluding tert-OH is 1. The summed E-state index contributed by atoms with van der Waals surface area (Å²) >= 11 is 0. The van der Waals surface area contributed by atoms with Gasteiger partial charge in [0.25, 0.3) is 11.7 Å². The van der Waals surface area contributed by atoms with Gasteiger partial charge in [-0.3, -0.25) is 19.5 Å². The number of aromatic nitrogens is 1. The fraction of sp³-hybridized carbons (Fsp3) is 0.276. The zero-order chi connectivity index (χ0) is 26.0. The number of carbonyl (C=O) groups is 2. The van der Waals surface area contributed by atoms with Gasteiger partial charge < -0.3 is 14.6 Å². The van der Waals surface area contributed by atoms with Crippen LogP contribution in [0.15, 0.2) is 66.4 Å². The largest absolute Gasteiger partial charge is 0.507 e. The van der Waals surface area contributed by atoms with E-state index in [-0.39, 0.29) is 17.3 Å². The average Bonchev–Trinajstić information content (AvgIpc) is 3.14. The summed E-state index contributed by atoms with van der Waals surface area (Å²) in [6.07, 6.45) is 1.60. The molecule has 0 bridgehead atoms. The standard InChI is InChI=1S/C29H30N2O5/c1-6-36-20-11-9-10-19(15-20)31-26(23-12-7-8-13-30-23)25(28(33)29(31)34)27(32)22-16-21(17(2)3)24(35-5)14-18(22)4/h7-17,26,32H,6H2,1-5H3/b27-25+. The Morgan fingerprint density at radius 2 is 1.89 bits per heavy atom. The second-order valence-electron chi connectivity index (χ2n) is 8.92. The summed E-state index contributed by atoms with van der Waals surface area (Å²) in [4.78, 5) is 32.7. The van der Waals surface area contributed by atoms with Gasteiger partial charge in [-0.2, -0.15) is 0 Å². The smallest absolute Gasteiger partial charge is 0.300 e. The number of rotatable bonds is 7. The summed E-state index contributed by atoms with van der Waals surface area (Å²) in [7, 11) is 1.60. The van der Waals surface area contributed by atoms with Crippen LogP contribution in [0.4, 0.5) is 5.69 Å². The average molecular weight is 487 g/mol. The summed E-state index contributed by atoms with van der Waals surface area (Å²) in [5.74, 6) is -0.364. The van der Waals surface area contributed by atoms with Gasteiger partial charge in [0.1, 0.15) is 23.3 Å². The normalized spacial score (nSPS) is 17.1. The van der Waals surface area contributed by atoms with E-state index in [9.17, 15) is 14.7 Å². The van der Waals surface area contributed by atoms with Crippen LogP contribution < -0.4 is 14.4 Å².